The summed E-state index contributed by atoms with van der Waals surface area (Å²) in [6.45, 7) is 0.738. The first kappa shape index (κ1) is 15.4. The lowest BCUT2D eigenvalue weighted by atomic mass is 10.3. The van der Waals surface area contributed by atoms with Crippen molar-refractivity contribution in [1.29, 1.82) is 0 Å². The molecule has 0 bridgehead atoms. The van der Waals surface area contributed by atoms with Crippen molar-refractivity contribution in [3.63, 3.8) is 0 Å². The maximum absolute atomic E-state index is 11.4. The monoisotopic (exact) mass is 313 g/mol. The summed E-state index contributed by atoms with van der Waals surface area (Å²) in [5.41, 5.74) is 3.13. The van der Waals surface area contributed by atoms with Crippen molar-refractivity contribution in [2.75, 3.05) is 18.1 Å². The molecule has 9 heteroatoms. The fraction of sp³-hybridized carbons (Fsp3) is 0.250. The molecule has 0 spiro atoms. The van der Waals surface area contributed by atoms with Gasteiger partial charge in [0.2, 0.25) is 0 Å². The second-order valence-electron chi connectivity index (χ2n) is 4.39. The molecule has 1 aromatic carbocycles. The quantitative estimate of drug-likeness (QED) is 0.673. The Morgan fingerprint density at radius 3 is 2.71 bits per heavy atom. The number of carboxylic acid groups (broad SMARTS) is 1. The molecule has 0 amide bonds. The van der Waals surface area contributed by atoms with E-state index in [4.69, 9.17) is 5.11 Å². The largest absolute Gasteiger partial charge is 0.481 e. The summed E-state index contributed by atoms with van der Waals surface area (Å²) in [6, 6.07) is 5.95. The second-order valence-corrected chi connectivity index (χ2v) is 5.78. The van der Waals surface area contributed by atoms with E-state index in [-0.39, 0.29) is 23.5 Å². The maximum atomic E-state index is 11.4. The van der Waals surface area contributed by atoms with E-state index in [9.17, 15) is 17.8 Å². The van der Waals surface area contributed by atoms with Crippen LogP contribution in [0.1, 0.15) is 6.42 Å². The van der Waals surface area contributed by atoms with E-state index in [0.717, 1.165) is 0 Å². The number of benzene rings is 1. The molecule has 3 N–H and O–H groups in total. The highest BCUT2D eigenvalue weighted by Crippen LogP contribution is 2.24. The Morgan fingerprint density at radius 2 is 2.05 bits per heavy atom. The fourth-order valence-electron chi connectivity index (χ4n) is 1.89. The Hall–Kier alpha value is -1.94. The van der Waals surface area contributed by atoms with E-state index in [1.807, 2.05) is 0 Å². The van der Waals surface area contributed by atoms with Crippen molar-refractivity contribution in [3.05, 3.63) is 36.5 Å². The summed E-state index contributed by atoms with van der Waals surface area (Å²) in [7, 11) is -4.35. The van der Waals surface area contributed by atoms with Gasteiger partial charge in [-0.05, 0) is 12.1 Å². The van der Waals surface area contributed by atoms with Crippen LogP contribution in [0.25, 0.3) is 0 Å². The first-order valence-electron chi connectivity index (χ1n) is 6.13. The van der Waals surface area contributed by atoms with Crippen LogP contribution in [0.5, 0.6) is 0 Å². The predicted octanol–water partition coefficient (Wildman–Crippen LogP) is 0.463. The minimum absolute atomic E-state index is 0.0470. The van der Waals surface area contributed by atoms with E-state index in [1.54, 1.807) is 23.4 Å². The SMILES string of the molecule is O=C(O)CCN1CC=CN(c2ccccc2S(=O)(=O)O)N1. The van der Waals surface area contributed by atoms with Crippen LogP contribution in [-0.4, -0.2) is 42.1 Å². The molecule has 0 aliphatic carbocycles. The molecule has 0 unspecified atom stereocenters. The van der Waals surface area contributed by atoms with Gasteiger partial charge in [-0.25, -0.2) is 5.01 Å². The Labute approximate surface area is 122 Å². The standard InChI is InChI=1S/C12H15N3O5S/c16-12(17)6-9-14-7-3-8-15(13-14)10-4-1-2-5-11(10)21(18,19)20/h1-5,8,13H,6-7,9H2,(H,16,17)(H,18,19,20). The van der Waals surface area contributed by atoms with Crippen LogP contribution in [0, 0.1) is 0 Å². The Kier molecular flexibility index (Phi) is 4.58. The van der Waals surface area contributed by atoms with Gasteiger partial charge in [-0.15, -0.1) is 0 Å². The van der Waals surface area contributed by atoms with Crippen LogP contribution in [0.15, 0.2) is 41.4 Å². The fourth-order valence-corrected chi connectivity index (χ4v) is 2.57. The smallest absolute Gasteiger partial charge is 0.304 e. The molecular formula is C12H15N3O5S. The molecule has 0 aromatic heterocycles. The van der Waals surface area contributed by atoms with Gasteiger partial charge in [0.15, 0.2) is 0 Å². The first-order valence-corrected chi connectivity index (χ1v) is 7.57. The van der Waals surface area contributed by atoms with Crippen molar-refractivity contribution in [2.45, 2.75) is 11.3 Å². The van der Waals surface area contributed by atoms with Gasteiger partial charge < -0.3 is 5.11 Å². The molecule has 0 saturated heterocycles. The molecule has 0 fully saturated rings. The number of hydrogen-bond donors (Lipinski definition) is 3. The number of nitrogens with zero attached hydrogens (tertiary/aromatic N) is 2. The summed E-state index contributed by atoms with van der Waals surface area (Å²) in [5, 5.41) is 11.7. The van der Waals surface area contributed by atoms with Gasteiger partial charge in [0.1, 0.15) is 4.90 Å². The lowest BCUT2D eigenvalue weighted by Gasteiger charge is -2.33. The van der Waals surface area contributed by atoms with E-state index in [1.165, 1.54) is 23.2 Å². The van der Waals surface area contributed by atoms with Crippen LogP contribution in [0.3, 0.4) is 0 Å². The van der Waals surface area contributed by atoms with Gasteiger partial charge in [0.25, 0.3) is 10.1 Å². The number of carbonyl (C=O) groups is 1. The molecule has 8 nitrogen and oxygen atoms in total. The van der Waals surface area contributed by atoms with Crippen molar-refractivity contribution < 1.29 is 22.9 Å². The van der Waals surface area contributed by atoms with Gasteiger partial charge in [-0.3, -0.25) is 14.4 Å². The third-order valence-corrected chi connectivity index (χ3v) is 3.73. The van der Waals surface area contributed by atoms with Gasteiger partial charge in [-0.1, -0.05) is 18.2 Å². The molecule has 0 saturated carbocycles. The first-order chi connectivity index (χ1) is 9.88. The van der Waals surface area contributed by atoms with E-state index < -0.39 is 16.1 Å². The number of aliphatic carboxylic acids is 1. The van der Waals surface area contributed by atoms with Gasteiger partial charge >= 0.3 is 5.97 Å². The number of hydrazine groups is 2. The van der Waals surface area contributed by atoms with Crippen molar-refractivity contribution in [2.24, 2.45) is 0 Å². The zero-order valence-corrected chi connectivity index (χ0v) is 11.8. The lowest BCUT2D eigenvalue weighted by Crippen LogP contribution is -2.51. The van der Waals surface area contributed by atoms with E-state index in [0.29, 0.717) is 6.54 Å². The van der Waals surface area contributed by atoms with Crippen LogP contribution in [-0.2, 0) is 14.9 Å². The molecule has 0 atom stereocenters. The number of para-hydroxylation sites is 1. The molecule has 0 radical (unpaired) electrons. The minimum Gasteiger partial charge on any atom is -0.481 e. The Balaban J connectivity index is 2.21. The van der Waals surface area contributed by atoms with Crippen molar-refractivity contribution >= 4 is 21.8 Å². The van der Waals surface area contributed by atoms with Crippen LogP contribution >= 0.6 is 0 Å². The molecule has 1 aromatic rings. The topological polar surface area (TPSA) is 110 Å². The highest BCUT2D eigenvalue weighted by molar-refractivity contribution is 7.86. The number of rotatable bonds is 5. The third-order valence-electron chi connectivity index (χ3n) is 2.83. The van der Waals surface area contributed by atoms with Crippen LogP contribution in [0.2, 0.25) is 0 Å². The summed E-state index contributed by atoms with van der Waals surface area (Å²) in [6.07, 6.45) is 3.31. The molecular weight excluding hydrogens is 298 g/mol. The predicted molar refractivity (Wildman–Crippen MR) is 74.8 cm³/mol. The Morgan fingerprint density at radius 1 is 1.33 bits per heavy atom. The normalized spacial score (nSPS) is 16.1. The average molecular weight is 313 g/mol. The van der Waals surface area contributed by atoms with Crippen LogP contribution in [0.4, 0.5) is 5.69 Å². The maximum Gasteiger partial charge on any atom is 0.304 e. The zero-order valence-electron chi connectivity index (χ0n) is 11.0. The molecule has 114 valence electrons. The third kappa shape index (κ3) is 4.02. The summed E-state index contributed by atoms with van der Waals surface area (Å²) in [4.78, 5) is 10.3. The molecule has 1 heterocycles. The molecule has 21 heavy (non-hydrogen) atoms. The number of carboxylic acids is 1. The molecule has 1 aliphatic rings. The number of hydrogen-bond acceptors (Lipinski definition) is 6. The molecule has 1 aliphatic heterocycles. The van der Waals surface area contributed by atoms with Gasteiger partial charge in [0.05, 0.1) is 12.1 Å². The summed E-state index contributed by atoms with van der Waals surface area (Å²) in [5.74, 6) is -0.920. The zero-order chi connectivity index (χ0) is 15.5. The van der Waals surface area contributed by atoms with E-state index >= 15 is 0 Å². The number of nitrogens with one attached hydrogen (secondary N) is 1. The number of anilines is 1. The van der Waals surface area contributed by atoms with Gasteiger partial charge in [-0.2, -0.15) is 14.0 Å². The van der Waals surface area contributed by atoms with Crippen LogP contribution < -0.4 is 10.5 Å². The van der Waals surface area contributed by atoms with E-state index in [2.05, 4.69) is 5.53 Å². The Bertz CT molecular complexity index is 659. The second kappa shape index (κ2) is 6.22. The highest BCUT2D eigenvalue weighted by Gasteiger charge is 2.21. The lowest BCUT2D eigenvalue weighted by molar-refractivity contribution is -0.137. The van der Waals surface area contributed by atoms with Crippen molar-refractivity contribution in [1.82, 2.24) is 10.5 Å². The minimum atomic E-state index is -4.35. The average Bonchev–Trinajstić information content (AvgIpc) is 2.44. The van der Waals surface area contributed by atoms with Crippen molar-refractivity contribution in [3.8, 4) is 0 Å². The summed E-state index contributed by atoms with van der Waals surface area (Å²) >= 11 is 0. The highest BCUT2D eigenvalue weighted by atomic mass is 32.2. The molecule has 2 rings (SSSR count). The van der Waals surface area contributed by atoms with Gasteiger partial charge in [0, 0.05) is 19.3 Å². The summed E-state index contributed by atoms with van der Waals surface area (Å²) < 4.78 is 32.0.